The third-order valence-corrected chi connectivity index (χ3v) is 4.28. The number of imidazole rings is 1. The number of rotatable bonds is 5. The fourth-order valence-electron chi connectivity index (χ4n) is 2.81. The molecule has 0 aliphatic carbocycles. The third-order valence-electron chi connectivity index (χ3n) is 4.00. The van der Waals surface area contributed by atoms with Gasteiger partial charge < -0.3 is 14.0 Å². The lowest BCUT2D eigenvalue weighted by Gasteiger charge is -2.12. The van der Waals surface area contributed by atoms with E-state index in [0.29, 0.717) is 34.5 Å². The first-order chi connectivity index (χ1) is 12.6. The summed E-state index contributed by atoms with van der Waals surface area (Å²) in [7, 11) is 3.44. The molecule has 0 amide bonds. The van der Waals surface area contributed by atoms with Gasteiger partial charge in [-0.25, -0.2) is 4.98 Å². The molecule has 2 aromatic carbocycles. The zero-order chi connectivity index (χ0) is 18.7. The van der Waals surface area contributed by atoms with Crippen LogP contribution < -0.4 is 9.47 Å². The molecular weight excluding hydrogens is 350 g/mol. The molecule has 1 aromatic heterocycles. The number of ether oxygens (including phenoxy) is 2. The largest absolute Gasteiger partial charge is 0.493 e. The van der Waals surface area contributed by atoms with Crippen molar-refractivity contribution in [3.63, 3.8) is 0 Å². The fraction of sp³-hybridized carbons (Fsp3) is 0.200. The Balaban J connectivity index is 2.11. The lowest BCUT2D eigenvalue weighted by molar-refractivity contribution is 0.311. The molecule has 3 rings (SSSR count). The second kappa shape index (κ2) is 7.51. The summed E-state index contributed by atoms with van der Waals surface area (Å²) in [6.07, 6.45) is 1.74. The number of allylic oxidation sites excluding steroid dienone is 1. The number of aryl methyl sites for hydroxylation is 1. The van der Waals surface area contributed by atoms with Crippen LogP contribution in [0, 0.1) is 11.3 Å². The summed E-state index contributed by atoms with van der Waals surface area (Å²) < 4.78 is 12.8. The summed E-state index contributed by atoms with van der Waals surface area (Å²) in [5.41, 5.74) is 2.98. The summed E-state index contributed by atoms with van der Waals surface area (Å²) in [6, 6.07) is 13.5. The minimum absolute atomic E-state index is 0.430. The van der Waals surface area contributed by atoms with Crippen molar-refractivity contribution in [3.05, 3.63) is 52.8 Å². The molecule has 0 spiro atoms. The molecule has 0 N–H and O–H groups in total. The first-order valence-electron chi connectivity index (χ1n) is 8.13. The highest BCUT2D eigenvalue weighted by Crippen LogP contribution is 2.37. The molecule has 0 radical (unpaired) electrons. The topological polar surface area (TPSA) is 60.1 Å². The van der Waals surface area contributed by atoms with Crippen molar-refractivity contribution in [1.29, 1.82) is 5.26 Å². The Kier molecular flexibility index (Phi) is 5.15. The van der Waals surface area contributed by atoms with Gasteiger partial charge in [-0.15, -0.1) is 0 Å². The van der Waals surface area contributed by atoms with E-state index in [4.69, 9.17) is 21.1 Å². The van der Waals surface area contributed by atoms with Crippen LogP contribution in [-0.2, 0) is 7.05 Å². The van der Waals surface area contributed by atoms with E-state index in [1.807, 2.05) is 42.8 Å². The van der Waals surface area contributed by atoms with Gasteiger partial charge in [-0.2, -0.15) is 5.26 Å². The van der Waals surface area contributed by atoms with E-state index >= 15 is 0 Å². The van der Waals surface area contributed by atoms with E-state index in [1.54, 1.807) is 25.3 Å². The number of nitrogens with zero attached hydrogens (tertiary/aromatic N) is 3. The van der Waals surface area contributed by atoms with Crippen LogP contribution in [0.3, 0.4) is 0 Å². The smallest absolute Gasteiger partial charge is 0.179 e. The molecule has 0 atom stereocenters. The summed E-state index contributed by atoms with van der Waals surface area (Å²) in [5.74, 6) is 1.61. The summed E-state index contributed by atoms with van der Waals surface area (Å²) in [6.45, 7) is 2.36. The molecule has 132 valence electrons. The summed E-state index contributed by atoms with van der Waals surface area (Å²) >= 11 is 6.32. The number of nitriles is 1. The van der Waals surface area contributed by atoms with Crippen molar-refractivity contribution in [2.24, 2.45) is 7.05 Å². The van der Waals surface area contributed by atoms with E-state index in [-0.39, 0.29) is 0 Å². The number of hydrogen-bond acceptors (Lipinski definition) is 4. The normalized spacial score (nSPS) is 11.4. The van der Waals surface area contributed by atoms with E-state index < -0.39 is 0 Å². The molecule has 26 heavy (non-hydrogen) atoms. The highest BCUT2D eigenvalue weighted by molar-refractivity contribution is 6.32. The maximum atomic E-state index is 9.66. The number of hydrogen-bond donors (Lipinski definition) is 0. The summed E-state index contributed by atoms with van der Waals surface area (Å²) in [4.78, 5) is 4.57. The van der Waals surface area contributed by atoms with Crippen molar-refractivity contribution in [2.45, 2.75) is 6.92 Å². The predicted octanol–water partition coefficient (Wildman–Crippen LogP) is 4.70. The number of methoxy groups -OCH3 is 1. The minimum atomic E-state index is 0.430. The second-order valence-corrected chi connectivity index (χ2v) is 6.03. The molecule has 5 nitrogen and oxygen atoms in total. The number of aromatic nitrogens is 2. The average molecular weight is 368 g/mol. The van der Waals surface area contributed by atoms with Gasteiger partial charge in [0.2, 0.25) is 0 Å². The molecule has 0 unspecified atom stereocenters. The first kappa shape index (κ1) is 17.8. The molecule has 0 saturated heterocycles. The van der Waals surface area contributed by atoms with Crippen LogP contribution in [-0.4, -0.2) is 23.3 Å². The van der Waals surface area contributed by atoms with Gasteiger partial charge in [0.15, 0.2) is 17.3 Å². The number of benzene rings is 2. The molecule has 0 fully saturated rings. The Bertz CT molecular complexity index is 1030. The Morgan fingerprint density at radius 2 is 2.12 bits per heavy atom. The van der Waals surface area contributed by atoms with Crippen LogP contribution in [0.2, 0.25) is 5.02 Å². The molecule has 0 aliphatic heterocycles. The number of halogens is 1. The van der Waals surface area contributed by atoms with Crippen LogP contribution in [0.15, 0.2) is 36.4 Å². The van der Waals surface area contributed by atoms with Crippen LogP contribution in [0.25, 0.3) is 22.7 Å². The van der Waals surface area contributed by atoms with Crippen molar-refractivity contribution in [1.82, 2.24) is 9.55 Å². The van der Waals surface area contributed by atoms with E-state index in [0.717, 1.165) is 16.6 Å². The van der Waals surface area contributed by atoms with Gasteiger partial charge in [0, 0.05) is 7.05 Å². The van der Waals surface area contributed by atoms with E-state index in [2.05, 4.69) is 11.1 Å². The third kappa shape index (κ3) is 3.24. The highest BCUT2D eigenvalue weighted by atomic mass is 35.5. The lowest BCUT2D eigenvalue weighted by Crippen LogP contribution is -1.98. The van der Waals surface area contributed by atoms with Gasteiger partial charge in [0.1, 0.15) is 6.07 Å². The molecule has 1 heterocycles. The Hall–Kier alpha value is -2.97. The standard InChI is InChI=1S/C20H18ClN3O2/c1-4-26-19-15(21)10-13(11-18(19)25-3)9-14(12-22)20-23-16-7-5-6-8-17(16)24(20)2/h5-11H,4H2,1-3H3/b14-9-. The Morgan fingerprint density at radius 3 is 2.77 bits per heavy atom. The van der Waals surface area contributed by atoms with Crippen LogP contribution >= 0.6 is 11.6 Å². The van der Waals surface area contributed by atoms with Gasteiger partial charge >= 0.3 is 0 Å². The predicted molar refractivity (Wildman–Crippen MR) is 103 cm³/mol. The minimum Gasteiger partial charge on any atom is -0.493 e. The monoisotopic (exact) mass is 367 g/mol. The molecule has 0 bridgehead atoms. The zero-order valence-electron chi connectivity index (χ0n) is 14.8. The second-order valence-electron chi connectivity index (χ2n) is 5.62. The van der Waals surface area contributed by atoms with Gasteiger partial charge in [-0.1, -0.05) is 23.7 Å². The van der Waals surface area contributed by atoms with Crippen LogP contribution in [0.4, 0.5) is 0 Å². The maximum absolute atomic E-state index is 9.66. The fourth-order valence-corrected chi connectivity index (χ4v) is 3.08. The van der Waals surface area contributed by atoms with Crippen molar-refractivity contribution < 1.29 is 9.47 Å². The average Bonchev–Trinajstić information content (AvgIpc) is 2.98. The van der Waals surface area contributed by atoms with Gasteiger partial charge in [0.05, 0.1) is 35.3 Å². The van der Waals surface area contributed by atoms with Gasteiger partial charge in [-0.3, -0.25) is 0 Å². The van der Waals surface area contributed by atoms with Crippen molar-refractivity contribution in [2.75, 3.05) is 13.7 Å². The summed E-state index contributed by atoms with van der Waals surface area (Å²) in [5, 5.41) is 10.1. The Morgan fingerprint density at radius 1 is 1.35 bits per heavy atom. The molecule has 6 heteroatoms. The molecular formula is C20H18ClN3O2. The molecule has 0 aliphatic rings. The lowest BCUT2D eigenvalue weighted by atomic mass is 10.1. The Labute approximate surface area is 157 Å². The molecule has 3 aromatic rings. The quantitative estimate of drug-likeness (QED) is 0.613. The first-order valence-corrected chi connectivity index (χ1v) is 8.50. The van der Waals surface area contributed by atoms with Gasteiger partial charge in [-0.05, 0) is 42.8 Å². The number of para-hydroxylation sites is 2. The van der Waals surface area contributed by atoms with Crippen molar-refractivity contribution >= 4 is 34.3 Å². The number of fused-ring (bicyclic) bond motifs is 1. The molecule has 0 saturated carbocycles. The van der Waals surface area contributed by atoms with Crippen LogP contribution in [0.1, 0.15) is 18.3 Å². The van der Waals surface area contributed by atoms with E-state index in [9.17, 15) is 5.26 Å². The maximum Gasteiger partial charge on any atom is 0.179 e. The van der Waals surface area contributed by atoms with Crippen LogP contribution in [0.5, 0.6) is 11.5 Å². The van der Waals surface area contributed by atoms with Gasteiger partial charge in [0.25, 0.3) is 0 Å². The highest BCUT2D eigenvalue weighted by Gasteiger charge is 2.14. The van der Waals surface area contributed by atoms with E-state index in [1.165, 1.54) is 0 Å². The van der Waals surface area contributed by atoms with Crippen molar-refractivity contribution in [3.8, 4) is 17.6 Å². The SMILES string of the molecule is CCOc1c(Cl)cc(/C=C(/C#N)c2nc3ccccc3n2C)cc1OC. The zero-order valence-corrected chi connectivity index (χ0v) is 15.5.